The molecule has 98 valence electrons. The SMILES string of the molecule is CN(CCN)CCc1ccc2c(c1)sc(=O)n2C. The zero-order valence-corrected chi connectivity index (χ0v) is 11.7. The van der Waals surface area contributed by atoms with Crippen molar-refractivity contribution in [2.45, 2.75) is 6.42 Å². The van der Waals surface area contributed by atoms with Gasteiger partial charge in [0.25, 0.3) is 0 Å². The van der Waals surface area contributed by atoms with Crippen LogP contribution in [0.5, 0.6) is 0 Å². The fraction of sp³-hybridized carbons (Fsp3) is 0.462. The summed E-state index contributed by atoms with van der Waals surface area (Å²) in [4.78, 5) is 13.9. The molecule has 0 saturated carbocycles. The Morgan fingerprint density at radius 2 is 2.17 bits per heavy atom. The topological polar surface area (TPSA) is 51.3 Å². The highest BCUT2D eigenvalue weighted by Gasteiger charge is 2.05. The molecule has 2 N–H and O–H groups in total. The van der Waals surface area contributed by atoms with E-state index in [1.165, 1.54) is 16.9 Å². The smallest absolute Gasteiger partial charge is 0.307 e. The van der Waals surface area contributed by atoms with Crippen molar-refractivity contribution in [3.63, 3.8) is 0 Å². The maximum atomic E-state index is 11.6. The molecule has 1 aromatic carbocycles. The van der Waals surface area contributed by atoms with Gasteiger partial charge in [-0.2, -0.15) is 0 Å². The summed E-state index contributed by atoms with van der Waals surface area (Å²) in [5.41, 5.74) is 7.80. The number of fused-ring (bicyclic) bond motifs is 1. The third kappa shape index (κ3) is 2.80. The van der Waals surface area contributed by atoms with Gasteiger partial charge in [0.1, 0.15) is 0 Å². The second-order valence-corrected chi connectivity index (χ2v) is 5.56. The van der Waals surface area contributed by atoms with Gasteiger partial charge >= 0.3 is 4.87 Å². The highest BCUT2D eigenvalue weighted by molar-refractivity contribution is 7.16. The van der Waals surface area contributed by atoms with Crippen LogP contribution in [0.4, 0.5) is 0 Å². The number of hydrogen-bond acceptors (Lipinski definition) is 4. The average molecular weight is 265 g/mol. The van der Waals surface area contributed by atoms with E-state index in [-0.39, 0.29) is 4.87 Å². The molecule has 1 heterocycles. The molecule has 0 aliphatic heterocycles. The van der Waals surface area contributed by atoms with Crippen molar-refractivity contribution in [2.75, 3.05) is 26.7 Å². The minimum atomic E-state index is 0.0994. The van der Waals surface area contributed by atoms with Gasteiger partial charge in [-0.05, 0) is 31.2 Å². The van der Waals surface area contributed by atoms with Crippen LogP contribution in [0.15, 0.2) is 23.0 Å². The van der Waals surface area contributed by atoms with Crippen LogP contribution in [0, 0.1) is 0 Å². The molecule has 1 aromatic heterocycles. The highest BCUT2D eigenvalue weighted by Crippen LogP contribution is 2.18. The van der Waals surface area contributed by atoms with Crippen molar-refractivity contribution in [1.29, 1.82) is 0 Å². The molecule has 0 unspecified atom stereocenters. The number of hydrogen-bond donors (Lipinski definition) is 1. The van der Waals surface area contributed by atoms with Gasteiger partial charge in [-0.3, -0.25) is 4.79 Å². The summed E-state index contributed by atoms with van der Waals surface area (Å²) in [5, 5.41) is 0. The molecule has 0 amide bonds. The lowest BCUT2D eigenvalue weighted by atomic mass is 10.1. The van der Waals surface area contributed by atoms with Gasteiger partial charge in [-0.15, -0.1) is 0 Å². The summed E-state index contributed by atoms with van der Waals surface area (Å²) in [6, 6.07) is 6.26. The van der Waals surface area contributed by atoms with Crippen LogP contribution in [-0.4, -0.2) is 36.1 Å². The number of benzene rings is 1. The van der Waals surface area contributed by atoms with Gasteiger partial charge in [-0.25, -0.2) is 0 Å². The molecule has 2 rings (SSSR count). The Labute approximate surface area is 111 Å². The van der Waals surface area contributed by atoms with Crippen LogP contribution in [0.25, 0.3) is 10.2 Å². The van der Waals surface area contributed by atoms with E-state index in [2.05, 4.69) is 24.1 Å². The van der Waals surface area contributed by atoms with Crippen LogP contribution in [-0.2, 0) is 13.5 Å². The number of nitrogens with zero attached hydrogens (tertiary/aromatic N) is 2. The molecular formula is C13H19N3OS. The number of nitrogens with two attached hydrogens (primary N) is 1. The Hall–Kier alpha value is -1.17. The first kappa shape index (κ1) is 13.3. The Balaban J connectivity index is 2.13. The van der Waals surface area contributed by atoms with Gasteiger partial charge in [0.15, 0.2) is 0 Å². The molecule has 0 bridgehead atoms. The van der Waals surface area contributed by atoms with E-state index < -0.39 is 0 Å². The zero-order chi connectivity index (χ0) is 13.1. The van der Waals surface area contributed by atoms with Crippen LogP contribution in [0.3, 0.4) is 0 Å². The van der Waals surface area contributed by atoms with Gasteiger partial charge in [0.2, 0.25) is 0 Å². The first-order chi connectivity index (χ1) is 8.61. The Morgan fingerprint density at radius 3 is 2.89 bits per heavy atom. The summed E-state index contributed by atoms with van der Waals surface area (Å²) in [6.45, 7) is 2.60. The van der Waals surface area contributed by atoms with Crippen LogP contribution in [0.1, 0.15) is 5.56 Å². The van der Waals surface area contributed by atoms with E-state index in [0.29, 0.717) is 6.54 Å². The Morgan fingerprint density at radius 1 is 1.39 bits per heavy atom. The predicted molar refractivity (Wildman–Crippen MR) is 77.3 cm³/mol. The van der Waals surface area contributed by atoms with Crippen LogP contribution in [0.2, 0.25) is 0 Å². The summed E-state index contributed by atoms with van der Waals surface area (Å²) >= 11 is 1.31. The van der Waals surface area contributed by atoms with Crippen molar-refractivity contribution in [3.05, 3.63) is 33.4 Å². The molecule has 2 aromatic rings. The lowest BCUT2D eigenvalue weighted by Gasteiger charge is -2.14. The lowest BCUT2D eigenvalue weighted by Crippen LogP contribution is -2.27. The normalized spacial score (nSPS) is 11.6. The van der Waals surface area contributed by atoms with Gasteiger partial charge in [0, 0.05) is 26.7 Å². The lowest BCUT2D eigenvalue weighted by molar-refractivity contribution is 0.348. The van der Waals surface area contributed by atoms with E-state index in [0.717, 1.165) is 29.7 Å². The summed E-state index contributed by atoms with van der Waals surface area (Å²) < 4.78 is 2.77. The first-order valence-electron chi connectivity index (χ1n) is 6.09. The Bertz CT molecular complexity index is 587. The standard InChI is InChI=1S/C13H19N3OS/c1-15(8-6-14)7-5-10-3-4-11-12(9-10)18-13(17)16(11)2/h3-4,9H,5-8,14H2,1-2H3. The van der Waals surface area contributed by atoms with Crippen molar-refractivity contribution < 1.29 is 0 Å². The summed E-state index contributed by atoms with van der Waals surface area (Å²) in [5.74, 6) is 0. The number of rotatable bonds is 5. The molecule has 0 fully saturated rings. The summed E-state index contributed by atoms with van der Waals surface area (Å²) in [7, 11) is 3.89. The number of aromatic nitrogens is 1. The summed E-state index contributed by atoms with van der Waals surface area (Å²) in [6.07, 6.45) is 0.988. The fourth-order valence-corrected chi connectivity index (χ4v) is 2.93. The molecule has 4 nitrogen and oxygen atoms in total. The molecular weight excluding hydrogens is 246 g/mol. The average Bonchev–Trinajstić information content (AvgIpc) is 2.63. The van der Waals surface area contributed by atoms with Crippen molar-refractivity contribution in [3.8, 4) is 0 Å². The monoisotopic (exact) mass is 265 g/mol. The fourth-order valence-electron chi connectivity index (χ4n) is 1.99. The van der Waals surface area contributed by atoms with Crippen molar-refractivity contribution in [2.24, 2.45) is 12.8 Å². The van der Waals surface area contributed by atoms with Crippen LogP contribution < -0.4 is 10.6 Å². The van der Waals surface area contributed by atoms with Gasteiger partial charge in [-0.1, -0.05) is 17.4 Å². The predicted octanol–water partition coefficient (Wildman–Crippen LogP) is 1.03. The third-order valence-corrected chi connectivity index (χ3v) is 4.15. The molecule has 0 aliphatic carbocycles. The van der Waals surface area contributed by atoms with Crippen molar-refractivity contribution >= 4 is 21.6 Å². The zero-order valence-electron chi connectivity index (χ0n) is 10.8. The molecule has 5 heteroatoms. The number of likely N-dealkylation sites (N-methyl/N-ethyl adjacent to an activating group) is 1. The van der Waals surface area contributed by atoms with Gasteiger partial charge in [0.05, 0.1) is 10.2 Å². The maximum Gasteiger partial charge on any atom is 0.307 e. The van der Waals surface area contributed by atoms with Crippen LogP contribution >= 0.6 is 11.3 Å². The molecule has 0 saturated heterocycles. The van der Waals surface area contributed by atoms with E-state index in [4.69, 9.17) is 5.73 Å². The molecule has 0 aliphatic rings. The molecule has 0 spiro atoms. The quantitative estimate of drug-likeness (QED) is 0.878. The minimum absolute atomic E-state index is 0.0994. The Kier molecular flexibility index (Phi) is 4.16. The molecule has 18 heavy (non-hydrogen) atoms. The second-order valence-electron chi connectivity index (χ2n) is 4.57. The van der Waals surface area contributed by atoms with Gasteiger partial charge < -0.3 is 15.2 Å². The molecule has 0 radical (unpaired) electrons. The number of thiazole rings is 1. The first-order valence-corrected chi connectivity index (χ1v) is 6.90. The largest absolute Gasteiger partial charge is 0.329 e. The third-order valence-electron chi connectivity index (χ3n) is 3.15. The van der Waals surface area contributed by atoms with E-state index in [1.807, 2.05) is 13.1 Å². The van der Waals surface area contributed by atoms with E-state index in [9.17, 15) is 4.79 Å². The van der Waals surface area contributed by atoms with E-state index in [1.54, 1.807) is 4.57 Å². The second kappa shape index (κ2) is 5.65. The highest BCUT2D eigenvalue weighted by atomic mass is 32.1. The number of aryl methyl sites for hydroxylation is 1. The molecule has 0 atom stereocenters. The van der Waals surface area contributed by atoms with E-state index >= 15 is 0 Å². The maximum absolute atomic E-state index is 11.6. The minimum Gasteiger partial charge on any atom is -0.329 e. The van der Waals surface area contributed by atoms with Crippen molar-refractivity contribution in [1.82, 2.24) is 9.47 Å².